The number of aryl methyl sites for hydroxylation is 1. The fourth-order valence-electron chi connectivity index (χ4n) is 2.51. The molecule has 1 saturated heterocycles. The van der Waals surface area contributed by atoms with Gasteiger partial charge in [0.25, 0.3) is 5.91 Å². The third-order valence-corrected chi connectivity index (χ3v) is 3.71. The third-order valence-electron chi connectivity index (χ3n) is 3.71. The third kappa shape index (κ3) is 2.20. The highest BCUT2D eigenvalue weighted by molar-refractivity contribution is 5.97. The van der Waals surface area contributed by atoms with E-state index in [-0.39, 0.29) is 24.3 Å². The van der Waals surface area contributed by atoms with Crippen LogP contribution in [0.4, 0.5) is 0 Å². The van der Waals surface area contributed by atoms with Gasteiger partial charge >= 0.3 is 0 Å². The Morgan fingerprint density at radius 3 is 2.89 bits per heavy atom. The molecule has 0 radical (unpaired) electrons. The lowest BCUT2D eigenvalue weighted by molar-refractivity contribution is 0.0645. The van der Waals surface area contributed by atoms with Crippen molar-refractivity contribution in [1.29, 1.82) is 0 Å². The van der Waals surface area contributed by atoms with Crippen molar-refractivity contribution in [2.24, 2.45) is 5.92 Å². The number of aromatic hydroxyl groups is 1. The Labute approximate surface area is 107 Å². The van der Waals surface area contributed by atoms with Crippen molar-refractivity contribution in [2.75, 3.05) is 13.2 Å². The van der Waals surface area contributed by atoms with Crippen molar-refractivity contribution in [3.63, 3.8) is 0 Å². The van der Waals surface area contributed by atoms with Crippen molar-refractivity contribution in [3.8, 4) is 5.75 Å². The monoisotopic (exact) mass is 249 g/mol. The second kappa shape index (κ2) is 4.98. The molecule has 2 atom stereocenters. The first-order chi connectivity index (χ1) is 8.54. The van der Waals surface area contributed by atoms with E-state index >= 15 is 0 Å². The van der Waals surface area contributed by atoms with Gasteiger partial charge in [0.15, 0.2) is 0 Å². The van der Waals surface area contributed by atoms with Crippen molar-refractivity contribution in [2.45, 2.75) is 26.3 Å². The predicted molar refractivity (Wildman–Crippen MR) is 68.5 cm³/mol. The molecule has 0 saturated carbocycles. The summed E-state index contributed by atoms with van der Waals surface area (Å²) in [6.45, 7) is 4.52. The van der Waals surface area contributed by atoms with E-state index < -0.39 is 0 Å². The summed E-state index contributed by atoms with van der Waals surface area (Å²) in [5.41, 5.74) is 1.26. The van der Waals surface area contributed by atoms with Crippen molar-refractivity contribution in [3.05, 3.63) is 29.3 Å². The average Bonchev–Trinajstić information content (AvgIpc) is 2.72. The molecule has 1 aromatic carbocycles. The molecule has 98 valence electrons. The molecule has 4 nitrogen and oxygen atoms in total. The fraction of sp³-hybridized carbons (Fsp3) is 0.500. The largest absolute Gasteiger partial charge is 0.507 e. The van der Waals surface area contributed by atoms with Gasteiger partial charge in [0.1, 0.15) is 5.75 Å². The molecule has 1 fully saturated rings. The second-order valence-corrected chi connectivity index (χ2v) is 5.04. The number of aliphatic hydroxyl groups is 1. The van der Waals surface area contributed by atoms with Crippen LogP contribution < -0.4 is 0 Å². The normalized spacial score (nSPS) is 23.4. The summed E-state index contributed by atoms with van der Waals surface area (Å²) in [5, 5.41) is 19.2. The maximum atomic E-state index is 12.4. The molecular weight excluding hydrogens is 230 g/mol. The van der Waals surface area contributed by atoms with Crippen LogP contribution in [0.2, 0.25) is 0 Å². The van der Waals surface area contributed by atoms with E-state index in [0.29, 0.717) is 18.0 Å². The minimum atomic E-state index is -0.195. The van der Waals surface area contributed by atoms with Gasteiger partial charge in [-0.2, -0.15) is 0 Å². The van der Waals surface area contributed by atoms with Crippen LogP contribution >= 0.6 is 0 Å². The molecule has 18 heavy (non-hydrogen) atoms. The predicted octanol–water partition coefficient (Wildman–Crippen LogP) is 1.54. The fourth-order valence-corrected chi connectivity index (χ4v) is 2.51. The molecule has 2 unspecified atom stereocenters. The highest BCUT2D eigenvalue weighted by Gasteiger charge is 2.35. The number of benzene rings is 1. The second-order valence-electron chi connectivity index (χ2n) is 5.04. The first-order valence-corrected chi connectivity index (χ1v) is 6.26. The number of phenolic OH excluding ortho intramolecular Hbond substituents is 1. The molecule has 0 bridgehead atoms. The van der Waals surface area contributed by atoms with Crippen LogP contribution in [0.25, 0.3) is 0 Å². The van der Waals surface area contributed by atoms with E-state index in [1.807, 2.05) is 13.8 Å². The van der Waals surface area contributed by atoms with Gasteiger partial charge in [-0.25, -0.2) is 0 Å². The zero-order valence-electron chi connectivity index (χ0n) is 10.8. The zero-order chi connectivity index (χ0) is 13.3. The van der Waals surface area contributed by atoms with Gasteiger partial charge in [0.2, 0.25) is 0 Å². The summed E-state index contributed by atoms with van der Waals surface area (Å²) in [4.78, 5) is 14.1. The van der Waals surface area contributed by atoms with Crippen LogP contribution in [-0.2, 0) is 0 Å². The molecule has 4 heteroatoms. The Morgan fingerprint density at radius 2 is 2.22 bits per heavy atom. The van der Waals surface area contributed by atoms with Crippen LogP contribution in [0, 0.1) is 12.8 Å². The molecular formula is C14H19NO3. The van der Waals surface area contributed by atoms with Crippen molar-refractivity contribution in [1.82, 2.24) is 4.90 Å². The summed E-state index contributed by atoms with van der Waals surface area (Å²) >= 11 is 0. The average molecular weight is 249 g/mol. The summed E-state index contributed by atoms with van der Waals surface area (Å²) in [5.74, 6) is 0.104. The summed E-state index contributed by atoms with van der Waals surface area (Å²) < 4.78 is 0. The number of carbonyl (C=O) groups excluding carboxylic acids is 1. The number of hydrogen-bond donors (Lipinski definition) is 2. The Hall–Kier alpha value is -1.55. The highest BCUT2D eigenvalue weighted by atomic mass is 16.3. The summed E-state index contributed by atoms with van der Waals surface area (Å²) in [7, 11) is 0. The zero-order valence-corrected chi connectivity index (χ0v) is 10.8. The van der Waals surface area contributed by atoms with Crippen LogP contribution in [0.1, 0.15) is 29.3 Å². The van der Waals surface area contributed by atoms with E-state index in [9.17, 15) is 15.0 Å². The Bertz CT molecular complexity index is 458. The molecule has 1 aromatic rings. The smallest absolute Gasteiger partial charge is 0.257 e. The lowest BCUT2D eigenvalue weighted by Crippen LogP contribution is -2.39. The Morgan fingerprint density at radius 1 is 1.50 bits per heavy atom. The first-order valence-electron chi connectivity index (χ1n) is 6.26. The van der Waals surface area contributed by atoms with Crippen molar-refractivity contribution < 1.29 is 15.0 Å². The maximum Gasteiger partial charge on any atom is 0.257 e. The van der Waals surface area contributed by atoms with Gasteiger partial charge < -0.3 is 15.1 Å². The molecule has 0 aromatic heterocycles. The van der Waals surface area contributed by atoms with Gasteiger partial charge in [0, 0.05) is 6.54 Å². The number of rotatable bonds is 2. The van der Waals surface area contributed by atoms with E-state index in [4.69, 9.17) is 0 Å². The molecule has 1 amide bonds. The lowest BCUT2D eigenvalue weighted by atomic mass is 10.0. The SMILES string of the molecule is Cc1ccc(O)c(C(=O)N2CCC(C)C2CO)c1. The summed E-state index contributed by atoms with van der Waals surface area (Å²) in [6, 6.07) is 4.85. The van der Waals surface area contributed by atoms with Gasteiger partial charge in [-0.05, 0) is 31.4 Å². The van der Waals surface area contributed by atoms with Gasteiger partial charge in [-0.15, -0.1) is 0 Å². The van der Waals surface area contributed by atoms with Crippen LogP contribution in [0.3, 0.4) is 0 Å². The molecule has 1 aliphatic heterocycles. The maximum absolute atomic E-state index is 12.4. The van der Waals surface area contributed by atoms with E-state index in [1.54, 1.807) is 17.0 Å². The van der Waals surface area contributed by atoms with E-state index in [0.717, 1.165) is 12.0 Å². The number of hydrogen-bond acceptors (Lipinski definition) is 3. The van der Waals surface area contributed by atoms with Crippen LogP contribution in [0.5, 0.6) is 5.75 Å². The number of nitrogens with zero attached hydrogens (tertiary/aromatic N) is 1. The Kier molecular flexibility index (Phi) is 3.57. The first kappa shape index (κ1) is 12.9. The van der Waals surface area contributed by atoms with Crippen LogP contribution in [0.15, 0.2) is 18.2 Å². The van der Waals surface area contributed by atoms with E-state index in [1.165, 1.54) is 6.07 Å². The number of amides is 1. The number of likely N-dealkylation sites (tertiary alicyclic amines) is 1. The topological polar surface area (TPSA) is 60.8 Å². The molecule has 2 rings (SSSR count). The van der Waals surface area contributed by atoms with E-state index in [2.05, 4.69) is 0 Å². The quantitative estimate of drug-likeness (QED) is 0.836. The molecule has 1 aliphatic rings. The minimum absolute atomic E-state index is 0.00171. The number of aliphatic hydroxyl groups excluding tert-OH is 1. The highest BCUT2D eigenvalue weighted by Crippen LogP contribution is 2.28. The van der Waals surface area contributed by atoms with Gasteiger partial charge in [-0.3, -0.25) is 4.79 Å². The molecule has 0 aliphatic carbocycles. The van der Waals surface area contributed by atoms with Gasteiger partial charge in [0.05, 0.1) is 18.2 Å². The summed E-state index contributed by atoms with van der Waals surface area (Å²) in [6.07, 6.45) is 0.892. The minimum Gasteiger partial charge on any atom is -0.507 e. The number of phenols is 1. The van der Waals surface area contributed by atoms with Crippen molar-refractivity contribution >= 4 is 5.91 Å². The molecule has 2 N–H and O–H groups in total. The van der Waals surface area contributed by atoms with Crippen LogP contribution in [-0.4, -0.2) is 40.2 Å². The molecule has 1 heterocycles. The number of carbonyl (C=O) groups is 1. The van der Waals surface area contributed by atoms with Gasteiger partial charge in [-0.1, -0.05) is 18.6 Å². The standard InChI is InChI=1S/C14H19NO3/c1-9-3-4-13(17)11(7-9)14(18)15-6-5-10(2)12(15)8-16/h3-4,7,10,12,16-17H,5-6,8H2,1-2H3. The Balaban J connectivity index is 2.28. The molecule has 0 spiro atoms. The lowest BCUT2D eigenvalue weighted by Gasteiger charge is -2.25.